The molecule has 0 saturated carbocycles. The van der Waals surface area contributed by atoms with E-state index in [9.17, 15) is 0 Å². The minimum Gasteiger partial charge on any atom is -1.00 e. The first-order valence-electron chi connectivity index (χ1n) is 0. The largest absolute Gasteiger partial charge is 2.00 e. The van der Waals surface area contributed by atoms with Crippen molar-refractivity contribution < 1.29 is 43.7 Å². The van der Waals surface area contributed by atoms with Gasteiger partial charge in [0.1, 0.15) is 0 Å². The molecule has 0 N–H and O–H groups in total. The van der Waals surface area contributed by atoms with Gasteiger partial charge >= 0.3 is 78.4 Å². The second kappa shape index (κ2) is 32.8. The van der Waals surface area contributed by atoms with E-state index in [1.54, 1.807) is 0 Å². The Kier molecular flexibility index (Phi) is 350. The predicted octanol–water partition coefficient (Wildman–Crippen LogP) is -12.4. The van der Waals surface area contributed by atoms with Crippen LogP contribution >= 0.6 is 0 Å². The SMILES string of the molecule is [Ba+2].[F-].[F-].[F-].[Na+]. The fraction of sp³-hybridized carbons (Fsp3) is 0. The Morgan fingerprint density at radius 1 is 0.600 bits per heavy atom. The normalized spacial score (nSPS) is 0. The van der Waals surface area contributed by atoms with Gasteiger partial charge in [0.05, 0.1) is 0 Å². The van der Waals surface area contributed by atoms with E-state index in [-0.39, 0.29) is 92.6 Å². The number of hydrogen-bond acceptors (Lipinski definition) is 0. The van der Waals surface area contributed by atoms with Crippen LogP contribution in [-0.4, -0.2) is 48.9 Å². The maximum Gasteiger partial charge on any atom is 2.00 e. The van der Waals surface area contributed by atoms with Crippen LogP contribution in [0.25, 0.3) is 0 Å². The van der Waals surface area contributed by atoms with E-state index in [0.29, 0.717) is 0 Å². The van der Waals surface area contributed by atoms with Gasteiger partial charge in [-0.25, -0.2) is 0 Å². The van der Waals surface area contributed by atoms with Crippen LogP contribution in [0.4, 0.5) is 0 Å². The molecule has 0 rings (SSSR count). The maximum atomic E-state index is 0. The van der Waals surface area contributed by atoms with Gasteiger partial charge in [-0.3, -0.25) is 0 Å². The Bertz CT molecular complexity index is 6.85. The summed E-state index contributed by atoms with van der Waals surface area (Å²) in [7, 11) is 0. The minimum absolute atomic E-state index is 0. The first-order chi connectivity index (χ1) is 0. The zero-order valence-corrected chi connectivity index (χ0v) is 9.28. The second-order valence-corrected chi connectivity index (χ2v) is 0. The minimum atomic E-state index is 0. The van der Waals surface area contributed by atoms with Crippen molar-refractivity contribution in [1.29, 1.82) is 0 Å². The van der Waals surface area contributed by atoms with Gasteiger partial charge in [-0.15, -0.1) is 0 Å². The molecule has 0 nitrogen and oxygen atoms in total. The summed E-state index contributed by atoms with van der Waals surface area (Å²) in [5.74, 6) is 0. The molecule has 0 aromatic rings. The molecule has 0 aliphatic carbocycles. The quantitative estimate of drug-likeness (QED) is 0.354. The van der Waals surface area contributed by atoms with E-state index < -0.39 is 0 Å². The van der Waals surface area contributed by atoms with Gasteiger partial charge in [-0.2, -0.15) is 0 Å². The van der Waals surface area contributed by atoms with Crippen LogP contribution in [0.3, 0.4) is 0 Å². The smallest absolute Gasteiger partial charge is 1.00 e. The fourth-order valence-corrected chi connectivity index (χ4v) is 0. The summed E-state index contributed by atoms with van der Waals surface area (Å²) in [6.45, 7) is 0. The molecule has 5 heteroatoms. The molecule has 0 aromatic carbocycles. The molecule has 0 fully saturated rings. The van der Waals surface area contributed by atoms with E-state index in [0.717, 1.165) is 0 Å². The Balaban J connectivity index is 0. The van der Waals surface area contributed by atoms with Crippen molar-refractivity contribution in [2.24, 2.45) is 0 Å². The average Bonchev–Trinajstić information content (AvgIpc) is 0. The molecule has 0 radical (unpaired) electrons. The monoisotopic (exact) mass is 218 g/mol. The molecule has 0 unspecified atom stereocenters. The molecule has 0 spiro atoms. The van der Waals surface area contributed by atoms with Gasteiger partial charge in [0.2, 0.25) is 0 Å². The van der Waals surface area contributed by atoms with E-state index in [1.165, 1.54) is 0 Å². The fourth-order valence-electron chi connectivity index (χ4n) is 0. The average molecular weight is 217 g/mol. The molecule has 0 aliphatic rings. The van der Waals surface area contributed by atoms with Gasteiger partial charge in [0.15, 0.2) is 0 Å². The molecule has 0 aliphatic heterocycles. The maximum absolute atomic E-state index is 0. The molecule has 0 heterocycles. The Labute approximate surface area is 90.5 Å². The zero-order chi connectivity index (χ0) is 0. The molecule has 0 aromatic heterocycles. The molecule has 0 saturated heterocycles. The summed E-state index contributed by atoms with van der Waals surface area (Å²) < 4.78 is 0. The van der Waals surface area contributed by atoms with Crippen LogP contribution in [0.2, 0.25) is 0 Å². The van der Waals surface area contributed by atoms with Crippen molar-refractivity contribution in [2.45, 2.75) is 0 Å². The molecule has 0 bridgehead atoms. The third kappa shape index (κ3) is 21.7. The topological polar surface area (TPSA) is 0 Å². The second-order valence-electron chi connectivity index (χ2n) is 0. The number of rotatable bonds is 0. The summed E-state index contributed by atoms with van der Waals surface area (Å²) in [5.41, 5.74) is 0. The first-order valence-corrected chi connectivity index (χ1v) is 0. The Morgan fingerprint density at radius 3 is 0.600 bits per heavy atom. The van der Waals surface area contributed by atoms with E-state index in [2.05, 4.69) is 0 Å². The van der Waals surface area contributed by atoms with Crippen molar-refractivity contribution in [1.82, 2.24) is 0 Å². The van der Waals surface area contributed by atoms with Crippen molar-refractivity contribution in [3.05, 3.63) is 0 Å². The first kappa shape index (κ1) is 53.4. The number of halogens is 3. The van der Waals surface area contributed by atoms with Crippen molar-refractivity contribution in [2.75, 3.05) is 0 Å². The van der Waals surface area contributed by atoms with E-state index in [4.69, 9.17) is 0 Å². The van der Waals surface area contributed by atoms with Gasteiger partial charge < -0.3 is 14.1 Å². The van der Waals surface area contributed by atoms with Gasteiger partial charge in [-0.1, -0.05) is 0 Å². The summed E-state index contributed by atoms with van der Waals surface area (Å²) in [4.78, 5) is 0. The third-order valence-electron chi connectivity index (χ3n) is 0. The van der Waals surface area contributed by atoms with Crippen LogP contribution in [0.1, 0.15) is 0 Å². The summed E-state index contributed by atoms with van der Waals surface area (Å²) in [6, 6.07) is 0. The molecular formula is BaF3Na. The summed E-state index contributed by atoms with van der Waals surface area (Å²) in [6.07, 6.45) is 0. The van der Waals surface area contributed by atoms with Crippen molar-refractivity contribution >= 4 is 48.9 Å². The number of hydrogen-bond donors (Lipinski definition) is 0. The molecule has 5 heavy (non-hydrogen) atoms. The van der Waals surface area contributed by atoms with Gasteiger partial charge in [-0.05, 0) is 0 Å². The Morgan fingerprint density at radius 2 is 0.600 bits per heavy atom. The van der Waals surface area contributed by atoms with Crippen molar-refractivity contribution in [3.63, 3.8) is 0 Å². The standard InChI is InChI=1S/Ba.3FH.Na/h;3*1H;/q+2;;;;+1/p-3. The van der Waals surface area contributed by atoms with Crippen LogP contribution in [-0.2, 0) is 0 Å². The van der Waals surface area contributed by atoms with E-state index >= 15 is 0 Å². The summed E-state index contributed by atoms with van der Waals surface area (Å²) in [5, 5.41) is 0. The summed E-state index contributed by atoms with van der Waals surface area (Å²) >= 11 is 0. The Hall–Kier alpha value is 2.36. The zero-order valence-electron chi connectivity index (χ0n) is 2.84. The van der Waals surface area contributed by atoms with Crippen LogP contribution in [0.5, 0.6) is 0 Å². The van der Waals surface area contributed by atoms with Crippen LogP contribution in [0.15, 0.2) is 0 Å². The van der Waals surface area contributed by atoms with Gasteiger partial charge in [0, 0.05) is 0 Å². The predicted molar refractivity (Wildman–Crippen MR) is 5.75 cm³/mol. The molecular weight excluding hydrogens is 217 g/mol. The van der Waals surface area contributed by atoms with Crippen LogP contribution in [0, 0.1) is 0 Å². The molecule has 0 amide bonds. The van der Waals surface area contributed by atoms with Gasteiger partial charge in [0.25, 0.3) is 0 Å². The van der Waals surface area contributed by atoms with E-state index in [1.807, 2.05) is 0 Å². The molecule has 0 atom stereocenters. The third-order valence-corrected chi connectivity index (χ3v) is 0. The van der Waals surface area contributed by atoms with Crippen LogP contribution < -0.4 is 43.7 Å². The van der Waals surface area contributed by atoms with Crippen molar-refractivity contribution in [3.8, 4) is 0 Å². The molecule has 24 valence electrons.